The van der Waals surface area contributed by atoms with Crippen LogP contribution in [0.25, 0.3) is 0 Å². The molecule has 0 aromatic carbocycles. The summed E-state index contributed by atoms with van der Waals surface area (Å²) in [5, 5.41) is 8.77. The van der Waals surface area contributed by atoms with Gasteiger partial charge in [0.15, 0.2) is 0 Å². The Kier molecular flexibility index (Phi) is 2.57. The molecule has 0 radical (unpaired) electrons. The molecule has 0 amide bonds. The van der Waals surface area contributed by atoms with Crippen LogP contribution in [-0.4, -0.2) is 16.1 Å². The van der Waals surface area contributed by atoms with Crippen LogP contribution in [0.1, 0.15) is 54.1 Å². The van der Waals surface area contributed by atoms with E-state index in [9.17, 15) is 4.79 Å². The molecule has 1 aromatic heterocycles. The number of aromatic amines is 1. The fourth-order valence-corrected chi connectivity index (χ4v) is 2.21. The first-order valence-corrected chi connectivity index (χ1v) is 5.19. The summed E-state index contributed by atoms with van der Waals surface area (Å²) in [5.74, 6) is -0.292. The van der Waals surface area contributed by atoms with Gasteiger partial charge < -0.3 is 10.1 Å². The molecule has 0 saturated heterocycles. The molecule has 2 rings (SSSR count). The van der Waals surface area contributed by atoms with Gasteiger partial charge in [0.2, 0.25) is 0 Å². The molecule has 0 aliphatic heterocycles. The lowest BCUT2D eigenvalue weighted by Crippen LogP contribution is -2.03. The topological polar surface area (TPSA) is 53.1 Å². The number of nitrogens with one attached hydrogen (secondary N) is 1. The number of aromatic nitrogens is 1. The fraction of sp³-hybridized carbons (Fsp3) is 0.545. The number of carboxylic acid groups (broad SMARTS) is 1. The van der Waals surface area contributed by atoms with Crippen LogP contribution in [0.2, 0.25) is 0 Å². The second-order valence-electron chi connectivity index (χ2n) is 3.99. The lowest BCUT2D eigenvalue weighted by molar-refractivity contribution is 0.0691. The maximum atomic E-state index is 10.7. The first kappa shape index (κ1) is 9.31. The number of carboxylic acids is 1. The molecule has 0 unspecified atom stereocenters. The Morgan fingerprint density at radius 2 is 2.07 bits per heavy atom. The zero-order chi connectivity index (χ0) is 9.97. The Bertz CT molecular complexity index is 324. The number of hydrogen-bond donors (Lipinski definition) is 2. The van der Waals surface area contributed by atoms with Crippen molar-refractivity contribution in [2.24, 2.45) is 0 Å². The molecule has 1 fully saturated rings. The van der Waals surface area contributed by atoms with Crippen molar-refractivity contribution in [3.8, 4) is 0 Å². The zero-order valence-corrected chi connectivity index (χ0v) is 8.12. The molecular formula is C11H15NO2. The highest BCUT2D eigenvalue weighted by Crippen LogP contribution is 2.32. The maximum absolute atomic E-state index is 10.7. The van der Waals surface area contributed by atoms with Crippen LogP contribution >= 0.6 is 0 Å². The van der Waals surface area contributed by atoms with Crippen LogP contribution in [0, 0.1) is 0 Å². The average Bonchev–Trinajstić information content (AvgIpc) is 2.68. The molecule has 1 aliphatic rings. The van der Waals surface area contributed by atoms with Gasteiger partial charge in [-0.05, 0) is 30.4 Å². The summed E-state index contributed by atoms with van der Waals surface area (Å²) in [6.07, 6.45) is 8.14. The monoisotopic (exact) mass is 193 g/mol. The second kappa shape index (κ2) is 3.86. The molecule has 3 heteroatoms. The first-order valence-electron chi connectivity index (χ1n) is 5.19. The molecule has 1 aliphatic carbocycles. The molecular weight excluding hydrogens is 178 g/mol. The van der Waals surface area contributed by atoms with Crippen LogP contribution in [0.4, 0.5) is 0 Å². The highest BCUT2D eigenvalue weighted by molar-refractivity contribution is 5.85. The molecule has 1 aromatic rings. The predicted molar refractivity (Wildman–Crippen MR) is 53.6 cm³/mol. The van der Waals surface area contributed by atoms with Crippen molar-refractivity contribution in [1.29, 1.82) is 0 Å². The molecule has 0 spiro atoms. The van der Waals surface area contributed by atoms with Gasteiger partial charge in [-0.2, -0.15) is 0 Å². The van der Waals surface area contributed by atoms with Gasteiger partial charge in [0.25, 0.3) is 0 Å². The van der Waals surface area contributed by atoms with Crippen molar-refractivity contribution in [2.75, 3.05) is 0 Å². The highest BCUT2D eigenvalue weighted by Gasteiger charge is 2.17. The fourth-order valence-electron chi connectivity index (χ4n) is 2.21. The van der Waals surface area contributed by atoms with E-state index in [0.29, 0.717) is 11.6 Å². The Morgan fingerprint density at radius 3 is 2.64 bits per heavy atom. The lowest BCUT2D eigenvalue weighted by atomic mass is 9.85. The molecule has 0 bridgehead atoms. The van der Waals surface area contributed by atoms with Crippen LogP contribution < -0.4 is 0 Å². The Balaban J connectivity index is 2.11. The molecule has 3 nitrogen and oxygen atoms in total. The molecule has 1 heterocycles. The summed E-state index contributed by atoms with van der Waals surface area (Å²) >= 11 is 0. The summed E-state index contributed by atoms with van der Waals surface area (Å²) < 4.78 is 0. The second-order valence-corrected chi connectivity index (χ2v) is 3.99. The Labute approximate surface area is 83.1 Å². The molecule has 76 valence electrons. The standard InChI is InChI=1S/C11H15NO2/c13-11(14)10-6-9(7-12-10)8-4-2-1-3-5-8/h6-8,12H,1-5H2,(H,13,14). The van der Waals surface area contributed by atoms with Gasteiger partial charge in [0, 0.05) is 6.20 Å². The number of rotatable bonds is 2. The van der Waals surface area contributed by atoms with E-state index in [1.165, 1.54) is 37.7 Å². The zero-order valence-electron chi connectivity index (χ0n) is 8.12. The number of hydrogen-bond acceptors (Lipinski definition) is 1. The summed E-state index contributed by atoms with van der Waals surface area (Å²) in [6, 6.07) is 1.78. The van der Waals surface area contributed by atoms with Crippen molar-refractivity contribution in [3.05, 3.63) is 23.5 Å². The van der Waals surface area contributed by atoms with Gasteiger partial charge in [-0.25, -0.2) is 4.79 Å². The molecule has 14 heavy (non-hydrogen) atoms. The normalized spacial score (nSPS) is 18.3. The smallest absolute Gasteiger partial charge is 0.352 e. The van der Waals surface area contributed by atoms with Gasteiger partial charge >= 0.3 is 5.97 Å². The minimum Gasteiger partial charge on any atom is -0.477 e. The van der Waals surface area contributed by atoms with Crippen molar-refractivity contribution in [2.45, 2.75) is 38.0 Å². The largest absolute Gasteiger partial charge is 0.477 e. The van der Waals surface area contributed by atoms with E-state index in [0.717, 1.165) is 0 Å². The third-order valence-corrected chi connectivity index (χ3v) is 3.01. The van der Waals surface area contributed by atoms with Gasteiger partial charge in [-0.15, -0.1) is 0 Å². The summed E-state index contributed by atoms with van der Waals surface area (Å²) in [7, 11) is 0. The Morgan fingerprint density at radius 1 is 1.36 bits per heavy atom. The minimum atomic E-state index is -0.868. The van der Waals surface area contributed by atoms with E-state index in [2.05, 4.69) is 4.98 Å². The van der Waals surface area contributed by atoms with Gasteiger partial charge in [-0.3, -0.25) is 0 Å². The quantitative estimate of drug-likeness (QED) is 0.758. The first-order chi connectivity index (χ1) is 6.77. The van der Waals surface area contributed by atoms with E-state index >= 15 is 0 Å². The summed E-state index contributed by atoms with van der Waals surface area (Å²) in [6.45, 7) is 0. The van der Waals surface area contributed by atoms with E-state index in [1.807, 2.05) is 6.20 Å². The van der Waals surface area contributed by atoms with Gasteiger partial charge in [0.05, 0.1) is 0 Å². The van der Waals surface area contributed by atoms with Crippen LogP contribution in [0.5, 0.6) is 0 Å². The third-order valence-electron chi connectivity index (χ3n) is 3.01. The maximum Gasteiger partial charge on any atom is 0.352 e. The third kappa shape index (κ3) is 1.81. The van der Waals surface area contributed by atoms with Crippen molar-refractivity contribution < 1.29 is 9.90 Å². The lowest BCUT2D eigenvalue weighted by Gasteiger charge is -2.20. The van der Waals surface area contributed by atoms with E-state index in [1.54, 1.807) is 6.07 Å². The average molecular weight is 193 g/mol. The summed E-state index contributed by atoms with van der Waals surface area (Å²) in [4.78, 5) is 13.5. The van der Waals surface area contributed by atoms with Crippen LogP contribution in [0.15, 0.2) is 12.3 Å². The molecule has 1 saturated carbocycles. The van der Waals surface area contributed by atoms with Crippen molar-refractivity contribution in [1.82, 2.24) is 4.98 Å². The predicted octanol–water partition coefficient (Wildman–Crippen LogP) is 2.76. The van der Waals surface area contributed by atoms with Crippen LogP contribution in [0.3, 0.4) is 0 Å². The Hall–Kier alpha value is -1.25. The molecule has 0 atom stereocenters. The minimum absolute atomic E-state index is 0.311. The van der Waals surface area contributed by atoms with Gasteiger partial charge in [-0.1, -0.05) is 19.3 Å². The summed E-state index contributed by atoms with van der Waals surface area (Å²) in [5.41, 5.74) is 1.48. The van der Waals surface area contributed by atoms with E-state index in [4.69, 9.17) is 5.11 Å². The van der Waals surface area contributed by atoms with Crippen LogP contribution in [-0.2, 0) is 0 Å². The highest BCUT2D eigenvalue weighted by atomic mass is 16.4. The van der Waals surface area contributed by atoms with E-state index < -0.39 is 5.97 Å². The SMILES string of the molecule is O=C(O)c1cc(C2CCCCC2)c[nH]1. The van der Waals surface area contributed by atoms with Crippen molar-refractivity contribution >= 4 is 5.97 Å². The number of carbonyl (C=O) groups is 1. The van der Waals surface area contributed by atoms with Crippen molar-refractivity contribution in [3.63, 3.8) is 0 Å². The number of H-pyrrole nitrogens is 1. The van der Waals surface area contributed by atoms with E-state index in [-0.39, 0.29) is 0 Å². The number of aromatic carboxylic acids is 1. The molecule has 2 N–H and O–H groups in total. The van der Waals surface area contributed by atoms with Gasteiger partial charge in [0.1, 0.15) is 5.69 Å².